The lowest BCUT2D eigenvalue weighted by molar-refractivity contribution is 0.399. The maximum atomic E-state index is 6.06. The topological polar surface area (TPSA) is 65.1 Å². The molecular formula is C14H19ClN4O. The fourth-order valence-corrected chi connectivity index (χ4v) is 2.34. The van der Waals surface area contributed by atoms with Crippen molar-refractivity contribution < 1.29 is 4.74 Å². The lowest BCUT2D eigenvalue weighted by atomic mass is 10.0. The molecule has 0 aliphatic carbocycles. The quantitative estimate of drug-likeness (QED) is 0.634. The van der Waals surface area contributed by atoms with E-state index in [1.165, 1.54) is 0 Å². The van der Waals surface area contributed by atoms with Crippen LogP contribution in [0.1, 0.15) is 24.1 Å². The first kappa shape index (κ1) is 14.8. The van der Waals surface area contributed by atoms with E-state index in [0.29, 0.717) is 11.4 Å². The number of aryl methyl sites for hydroxylation is 1. The molecule has 20 heavy (non-hydrogen) atoms. The van der Waals surface area contributed by atoms with Gasteiger partial charge in [-0.3, -0.25) is 16.0 Å². The highest BCUT2D eigenvalue weighted by molar-refractivity contribution is 6.30. The number of hydrogen-bond donors (Lipinski definition) is 2. The number of nitrogens with two attached hydrogens (primary N) is 1. The van der Waals surface area contributed by atoms with Crippen LogP contribution in [-0.4, -0.2) is 16.9 Å². The lowest BCUT2D eigenvalue weighted by Crippen LogP contribution is -2.29. The zero-order valence-electron chi connectivity index (χ0n) is 11.6. The largest absolute Gasteiger partial charge is 0.496 e. The summed E-state index contributed by atoms with van der Waals surface area (Å²) in [6.45, 7) is 2.90. The third-order valence-corrected chi connectivity index (χ3v) is 3.45. The van der Waals surface area contributed by atoms with Crippen LogP contribution in [-0.2, 0) is 13.0 Å². The van der Waals surface area contributed by atoms with Gasteiger partial charge in [0.15, 0.2) is 0 Å². The highest BCUT2D eigenvalue weighted by atomic mass is 35.5. The molecule has 0 bridgehead atoms. The maximum absolute atomic E-state index is 6.06. The summed E-state index contributed by atoms with van der Waals surface area (Å²) in [5.74, 6) is 6.45. The number of nitrogens with one attached hydrogen (secondary N) is 1. The van der Waals surface area contributed by atoms with E-state index < -0.39 is 0 Å². The van der Waals surface area contributed by atoms with Gasteiger partial charge in [0.05, 0.1) is 19.3 Å². The number of benzene rings is 1. The second-order valence-electron chi connectivity index (χ2n) is 4.51. The van der Waals surface area contributed by atoms with Crippen LogP contribution in [0.25, 0.3) is 0 Å². The van der Waals surface area contributed by atoms with Gasteiger partial charge in [-0.15, -0.1) is 0 Å². The molecule has 0 amide bonds. The molecule has 3 N–H and O–H groups in total. The van der Waals surface area contributed by atoms with Crippen LogP contribution in [0.3, 0.4) is 0 Å². The molecule has 6 heteroatoms. The first-order valence-electron chi connectivity index (χ1n) is 6.48. The van der Waals surface area contributed by atoms with Crippen molar-refractivity contribution in [3.8, 4) is 5.75 Å². The Morgan fingerprint density at radius 1 is 1.50 bits per heavy atom. The molecule has 0 saturated heterocycles. The number of hydrazine groups is 1. The van der Waals surface area contributed by atoms with E-state index in [1.807, 2.05) is 29.2 Å². The first-order chi connectivity index (χ1) is 9.67. The number of nitrogens with zero attached hydrogens (tertiary/aromatic N) is 2. The Labute approximate surface area is 123 Å². The average molecular weight is 295 g/mol. The van der Waals surface area contributed by atoms with E-state index in [4.69, 9.17) is 22.2 Å². The van der Waals surface area contributed by atoms with Gasteiger partial charge in [-0.2, -0.15) is 5.10 Å². The minimum atomic E-state index is -0.0850. The lowest BCUT2D eigenvalue weighted by Gasteiger charge is -2.18. The van der Waals surface area contributed by atoms with Gasteiger partial charge in [-0.05, 0) is 37.1 Å². The summed E-state index contributed by atoms with van der Waals surface area (Å²) in [4.78, 5) is 0. The van der Waals surface area contributed by atoms with Gasteiger partial charge >= 0.3 is 0 Å². The number of methoxy groups -OCH3 is 1. The van der Waals surface area contributed by atoms with E-state index in [0.717, 1.165) is 23.4 Å². The minimum Gasteiger partial charge on any atom is -0.496 e. The van der Waals surface area contributed by atoms with Crippen LogP contribution in [0, 0.1) is 0 Å². The van der Waals surface area contributed by atoms with Gasteiger partial charge in [0.2, 0.25) is 0 Å². The molecule has 1 aromatic carbocycles. The highest BCUT2D eigenvalue weighted by Gasteiger charge is 2.17. The fourth-order valence-electron chi connectivity index (χ4n) is 2.16. The summed E-state index contributed by atoms with van der Waals surface area (Å²) >= 11 is 6.06. The first-order valence-corrected chi connectivity index (χ1v) is 6.86. The van der Waals surface area contributed by atoms with Gasteiger partial charge < -0.3 is 4.74 Å². The van der Waals surface area contributed by atoms with E-state index in [1.54, 1.807) is 13.2 Å². The molecule has 1 atom stereocenters. The number of halogens is 1. The molecule has 1 heterocycles. The van der Waals surface area contributed by atoms with E-state index >= 15 is 0 Å². The summed E-state index contributed by atoms with van der Waals surface area (Å²) < 4.78 is 7.26. The van der Waals surface area contributed by atoms with Gasteiger partial charge in [0, 0.05) is 23.3 Å². The SMILES string of the molecule is CCn1cc(CC(NN)c2cc(Cl)ccc2OC)cn1. The number of aromatic nitrogens is 2. The number of ether oxygens (including phenoxy) is 1. The Hall–Kier alpha value is -1.56. The monoisotopic (exact) mass is 294 g/mol. The Balaban J connectivity index is 2.25. The predicted octanol–water partition coefficient (Wildman–Crippen LogP) is 2.31. The van der Waals surface area contributed by atoms with Crippen LogP contribution in [0.4, 0.5) is 0 Å². The Morgan fingerprint density at radius 2 is 2.30 bits per heavy atom. The smallest absolute Gasteiger partial charge is 0.123 e. The summed E-state index contributed by atoms with van der Waals surface area (Å²) in [5, 5.41) is 4.92. The van der Waals surface area contributed by atoms with Gasteiger partial charge in [0.1, 0.15) is 5.75 Å². The van der Waals surface area contributed by atoms with E-state index in [2.05, 4.69) is 17.4 Å². The van der Waals surface area contributed by atoms with Crippen LogP contribution in [0.5, 0.6) is 5.75 Å². The van der Waals surface area contributed by atoms with Crippen molar-refractivity contribution in [3.63, 3.8) is 0 Å². The number of rotatable bonds is 6. The van der Waals surface area contributed by atoms with Gasteiger partial charge in [-0.25, -0.2) is 0 Å². The molecule has 0 spiro atoms. The van der Waals surface area contributed by atoms with Crippen LogP contribution < -0.4 is 16.0 Å². The molecule has 0 saturated carbocycles. The highest BCUT2D eigenvalue weighted by Crippen LogP contribution is 2.29. The standard InChI is InChI=1S/C14H19ClN4O/c1-3-19-9-10(8-17-19)6-13(18-16)12-7-11(15)4-5-14(12)20-2/h4-5,7-9,13,18H,3,6,16H2,1-2H3. The maximum Gasteiger partial charge on any atom is 0.123 e. The van der Waals surface area contributed by atoms with Gasteiger partial charge in [-0.1, -0.05) is 11.6 Å². The summed E-state index contributed by atoms with van der Waals surface area (Å²) in [7, 11) is 1.63. The molecule has 5 nitrogen and oxygen atoms in total. The average Bonchev–Trinajstić information content (AvgIpc) is 2.92. The second-order valence-corrected chi connectivity index (χ2v) is 4.95. The number of hydrogen-bond acceptors (Lipinski definition) is 4. The fraction of sp³-hybridized carbons (Fsp3) is 0.357. The van der Waals surface area contributed by atoms with E-state index in [-0.39, 0.29) is 6.04 Å². The second kappa shape index (κ2) is 6.74. The third kappa shape index (κ3) is 3.30. The Bertz CT molecular complexity index is 570. The van der Waals surface area contributed by atoms with Crippen molar-refractivity contribution in [1.82, 2.24) is 15.2 Å². The molecule has 0 radical (unpaired) electrons. The summed E-state index contributed by atoms with van der Waals surface area (Å²) in [6.07, 6.45) is 4.58. The van der Waals surface area contributed by atoms with Crippen molar-refractivity contribution in [2.45, 2.75) is 25.9 Å². The van der Waals surface area contributed by atoms with Crippen molar-refractivity contribution in [2.24, 2.45) is 5.84 Å². The summed E-state index contributed by atoms with van der Waals surface area (Å²) in [5.41, 5.74) is 4.87. The van der Waals surface area contributed by atoms with Crippen LogP contribution in [0.2, 0.25) is 5.02 Å². The van der Waals surface area contributed by atoms with E-state index in [9.17, 15) is 0 Å². The normalized spacial score (nSPS) is 12.4. The van der Waals surface area contributed by atoms with Crippen molar-refractivity contribution in [2.75, 3.05) is 7.11 Å². The molecule has 0 fully saturated rings. The minimum absolute atomic E-state index is 0.0850. The zero-order chi connectivity index (χ0) is 14.5. The van der Waals surface area contributed by atoms with Gasteiger partial charge in [0.25, 0.3) is 0 Å². The van der Waals surface area contributed by atoms with Crippen LogP contribution in [0.15, 0.2) is 30.6 Å². The Kier molecular flexibility index (Phi) is 5.00. The Morgan fingerprint density at radius 3 is 2.90 bits per heavy atom. The van der Waals surface area contributed by atoms with Crippen molar-refractivity contribution >= 4 is 11.6 Å². The van der Waals surface area contributed by atoms with Crippen LogP contribution >= 0.6 is 11.6 Å². The zero-order valence-corrected chi connectivity index (χ0v) is 12.4. The molecular weight excluding hydrogens is 276 g/mol. The van der Waals surface area contributed by atoms with Crippen molar-refractivity contribution in [1.29, 1.82) is 0 Å². The molecule has 108 valence electrons. The molecule has 0 aliphatic heterocycles. The van der Waals surface area contributed by atoms with Crippen molar-refractivity contribution in [3.05, 3.63) is 46.7 Å². The third-order valence-electron chi connectivity index (χ3n) is 3.22. The molecule has 2 aromatic rings. The molecule has 1 aromatic heterocycles. The molecule has 2 rings (SSSR count). The molecule has 0 aliphatic rings. The molecule has 1 unspecified atom stereocenters. The predicted molar refractivity (Wildman–Crippen MR) is 79.7 cm³/mol. The summed E-state index contributed by atoms with van der Waals surface area (Å²) in [6, 6.07) is 5.43.